The number of thiazole rings is 1. The molecule has 0 bridgehead atoms. The Bertz CT molecular complexity index is 2080. The first-order valence-corrected chi connectivity index (χ1v) is 15.6. The number of ether oxygens (including phenoxy) is 2. The Balaban J connectivity index is 1.69. The predicted octanol–water partition coefficient (Wildman–Crippen LogP) is 4.04. The second-order valence-corrected chi connectivity index (χ2v) is 12.4. The SMILES string of the molecule is CCOc1ccc([C@H]2C(C(=O)OC(C)C)=C(C)N=c3s/c(=C\c4cc([N+](=O)[O-])ccc4Sc4nc(C)cc(=O)[nH]4)c(=O)n32)cc1. The van der Waals surface area contributed by atoms with Gasteiger partial charge in [0.1, 0.15) is 5.75 Å². The number of nitro benzene ring substituents is 1. The lowest BCUT2D eigenvalue weighted by Crippen LogP contribution is -2.40. The number of non-ortho nitro benzene ring substituents is 1. The van der Waals surface area contributed by atoms with E-state index in [9.17, 15) is 24.5 Å². The zero-order chi connectivity index (χ0) is 32.4. The monoisotopic (exact) mass is 647 g/mol. The molecular weight excluding hydrogens is 619 g/mol. The number of aryl methyl sites for hydroxylation is 1. The van der Waals surface area contributed by atoms with E-state index in [1.807, 2.05) is 6.92 Å². The molecule has 1 N–H and O–H groups in total. The van der Waals surface area contributed by atoms with Crippen molar-refractivity contribution in [3.8, 4) is 5.75 Å². The Hall–Kier alpha value is -4.82. The fourth-order valence-corrected chi connectivity index (χ4v) is 6.75. The number of carbonyl (C=O) groups is 1. The van der Waals surface area contributed by atoms with E-state index in [1.54, 1.807) is 64.1 Å². The van der Waals surface area contributed by atoms with Crippen LogP contribution in [0.25, 0.3) is 6.08 Å². The zero-order valence-corrected chi connectivity index (χ0v) is 26.7. The second kappa shape index (κ2) is 13.0. The number of rotatable bonds is 9. The fraction of sp³-hybridized carbons (Fsp3) is 0.258. The molecule has 2 aromatic carbocycles. The molecule has 0 saturated carbocycles. The number of nitro groups is 1. The third-order valence-corrected chi connectivity index (χ3v) is 8.60. The van der Waals surface area contributed by atoms with Crippen LogP contribution in [-0.4, -0.2) is 38.1 Å². The maximum atomic E-state index is 14.1. The summed E-state index contributed by atoms with van der Waals surface area (Å²) in [4.78, 5) is 63.2. The number of nitrogens with one attached hydrogen (secondary N) is 1. The number of H-pyrrole nitrogens is 1. The van der Waals surface area contributed by atoms with Gasteiger partial charge in [0.2, 0.25) is 0 Å². The summed E-state index contributed by atoms with van der Waals surface area (Å²) in [6.45, 7) is 9.22. The number of benzene rings is 2. The average Bonchev–Trinajstić information content (AvgIpc) is 3.26. The molecule has 0 saturated heterocycles. The molecule has 1 aliphatic rings. The smallest absolute Gasteiger partial charge is 0.338 e. The number of hydrogen-bond donors (Lipinski definition) is 1. The van der Waals surface area contributed by atoms with Gasteiger partial charge in [0.25, 0.3) is 16.8 Å². The van der Waals surface area contributed by atoms with E-state index in [2.05, 4.69) is 15.0 Å². The van der Waals surface area contributed by atoms with E-state index in [1.165, 1.54) is 22.8 Å². The lowest BCUT2D eigenvalue weighted by molar-refractivity contribution is -0.384. The van der Waals surface area contributed by atoms with Gasteiger partial charge in [0.15, 0.2) is 9.96 Å². The van der Waals surface area contributed by atoms with Gasteiger partial charge in [0, 0.05) is 28.8 Å². The molecular formula is C31H29N5O7S2. The lowest BCUT2D eigenvalue weighted by Gasteiger charge is -2.25. The summed E-state index contributed by atoms with van der Waals surface area (Å²) in [7, 11) is 0. The third-order valence-electron chi connectivity index (χ3n) is 6.64. The molecule has 0 radical (unpaired) electrons. The van der Waals surface area contributed by atoms with Crippen LogP contribution >= 0.6 is 23.1 Å². The average molecular weight is 648 g/mol. The first-order chi connectivity index (χ1) is 21.4. The Labute approximate surface area is 264 Å². The van der Waals surface area contributed by atoms with Crippen molar-refractivity contribution in [3.05, 3.63) is 117 Å². The van der Waals surface area contributed by atoms with E-state index in [0.29, 0.717) is 49.7 Å². The maximum absolute atomic E-state index is 14.1. The van der Waals surface area contributed by atoms with Gasteiger partial charge in [-0.1, -0.05) is 35.2 Å². The number of aromatic amines is 1. The molecule has 0 aliphatic carbocycles. The predicted molar refractivity (Wildman–Crippen MR) is 169 cm³/mol. The number of esters is 1. The molecule has 14 heteroatoms. The fourth-order valence-electron chi connectivity index (χ4n) is 4.79. The van der Waals surface area contributed by atoms with Crippen molar-refractivity contribution in [2.45, 2.75) is 56.8 Å². The number of allylic oxidation sites excluding steroid dienone is 1. The molecule has 45 heavy (non-hydrogen) atoms. The topological polar surface area (TPSA) is 159 Å². The van der Waals surface area contributed by atoms with Crippen LogP contribution in [-0.2, 0) is 9.53 Å². The molecule has 4 aromatic rings. The normalized spacial score (nSPS) is 14.7. The van der Waals surface area contributed by atoms with E-state index in [-0.39, 0.29) is 21.4 Å². The van der Waals surface area contributed by atoms with E-state index in [0.717, 1.165) is 23.1 Å². The standard InChI is InChI=1S/C31H29N5O7S2/c1-6-42-22-10-7-19(8-11-22)27-26(29(39)43-16(2)3)18(5)33-31-35(27)28(38)24(45-31)15-20-14-21(36(40)41)9-12-23(20)44-30-32-17(4)13-25(37)34-30/h7-16,27H,6H2,1-5H3,(H,32,34,37)/b24-15-/t27-/m0/s1. The highest BCUT2D eigenvalue weighted by molar-refractivity contribution is 7.99. The summed E-state index contributed by atoms with van der Waals surface area (Å²) >= 11 is 2.20. The molecule has 5 rings (SSSR count). The third kappa shape index (κ3) is 6.81. The number of aromatic nitrogens is 3. The molecule has 1 aliphatic heterocycles. The van der Waals surface area contributed by atoms with Crippen LogP contribution < -0.4 is 25.2 Å². The van der Waals surface area contributed by atoms with Crippen LogP contribution in [0.5, 0.6) is 5.75 Å². The minimum Gasteiger partial charge on any atom is -0.494 e. The Morgan fingerprint density at radius 2 is 1.91 bits per heavy atom. The van der Waals surface area contributed by atoms with E-state index in [4.69, 9.17) is 9.47 Å². The minimum absolute atomic E-state index is 0.175. The van der Waals surface area contributed by atoms with Crippen LogP contribution in [0.15, 0.2) is 84.4 Å². The van der Waals surface area contributed by atoms with Crippen molar-refractivity contribution in [3.63, 3.8) is 0 Å². The van der Waals surface area contributed by atoms with E-state index >= 15 is 0 Å². The minimum atomic E-state index is -0.842. The highest BCUT2D eigenvalue weighted by Gasteiger charge is 2.34. The molecule has 3 heterocycles. The summed E-state index contributed by atoms with van der Waals surface area (Å²) in [5.41, 5.74) is 1.22. The summed E-state index contributed by atoms with van der Waals surface area (Å²) in [5, 5.41) is 12.0. The van der Waals surface area contributed by atoms with Crippen molar-refractivity contribution in [2.75, 3.05) is 6.61 Å². The molecule has 232 valence electrons. The Kier molecular flexibility index (Phi) is 9.16. The molecule has 12 nitrogen and oxygen atoms in total. The van der Waals surface area contributed by atoms with Crippen molar-refractivity contribution in [1.29, 1.82) is 0 Å². The molecule has 2 aromatic heterocycles. The van der Waals surface area contributed by atoms with Gasteiger partial charge in [-0.2, -0.15) is 0 Å². The van der Waals surface area contributed by atoms with Crippen molar-refractivity contribution in [2.24, 2.45) is 4.99 Å². The van der Waals surface area contributed by atoms with Crippen LogP contribution in [0.1, 0.15) is 50.6 Å². The van der Waals surface area contributed by atoms with Gasteiger partial charge >= 0.3 is 5.97 Å². The molecule has 1 atom stereocenters. The first-order valence-electron chi connectivity index (χ1n) is 14.0. The second-order valence-electron chi connectivity index (χ2n) is 10.3. The number of nitrogens with zero attached hydrogens (tertiary/aromatic N) is 4. The van der Waals surface area contributed by atoms with Crippen LogP contribution in [0.2, 0.25) is 0 Å². The summed E-state index contributed by atoms with van der Waals surface area (Å²) in [5.74, 6) is 0.0530. The molecule has 0 fully saturated rings. The number of carbonyl (C=O) groups excluding carboxylic acids is 1. The summed E-state index contributed by atoms with van der Waals surface area (Å²) < 4.78 is 12.8. The Morgan fingerprint density at radius 3 is 2.56 bits per heavy atom. The molecule has 0 amide bonds. The van der Waals surface area contributed by atoms with Gasteiger partial charge in [-0.05, 0) is 70.0 Å². The van der Waals surface area contributed by atoms with Gasteiger partial charge in [0.05, 0.1) is 39.5 Å². The first kappa shape index (κ1) is 31.6. The quantitative estimate of drug-likeness (QED) is 0.122. The van der Waals surface area contributed by atoms with Crippen LogP contribution in [0.3, 0.4) is 0 Å². The van der Waals surface area contributed by atoms with Crippen molar-refractivity contribution in [1.82, 2.24) is 14.5 Å². The Morgan fingerprint density at radius 1 is 1.18 bits per heavy atom. The summed E-state index contributed by atoms with van der Waals surface area (Å²) in [6, 6.07) is 11.9. The van der Waals surface area contributed by atoms with Gasteiger partial charge in [-0.15, -0.1) is 0 Å². The number of fused-ring (bicyclic) bond motifs is 1. The summed E-state index contributed by atoms with van der Waals surface area (Å²) in [6.07, 6.45) is 1.15. The van der Waals surface area contributed by atoms with Gasteiger partial charge in [-0.3, -0.25) is 24.3 Å². The lowest BCUT2D eigenvalue weighted by atomic mass is 9.96. The molecule has 0 unspecified atom stereocenters. The van der Waals surface area contributed by atoms with Crippen molar-refractivity contribution >= 4 is 40.8 Å². The maximum Gasteiger partial charge on any atom is 0.338 e. The van der Waals surface area contributed by atoms with Crippen LogP contribution in [0, 0.1) is 17.0 Å². The number of hydrogen-bond acceptors (Lipinski definition) is 11. The van der Waals surface area contributed by atoms with Crippen molar-refractivity contribution < 1.29 is 19.2 Å². The largest absolute Gasteiger partial charge is 0.494 e. The highest BCUT2D eigenvalue weighted by Crippen LogP contribution is 2.33. The van der Waals surface area contributed by atoms with Gasteiger partial charge in [-0.25, -0.2) is 14.8 Å². The zero-order valence-electron chi connectivity index (χ0n) is 25.0. The molecule has 0 spiro atoms. The van der Waals surface area contributed by atoms with Crippen LogP contribution in [0.4, 0.5) is 5.69 Å². The highest BCUT2D eigenvalue weighted by atomic mass is 32.2. The van der Waals surface area contributed by atoms with E-state index < -0.39 is 28.6 Å². The van der Waals surface area contributed by atoms with Gasteiger partial charge < -0.3 is 14.5 Å².